The standard InChI is InChI=1S/C12H17NOS/c1-15-7-6-13-8-10-4-2-3-5-12(14)11(10)9-13/h8-9H,2-7H2,1H3. The molecule has 0 radical (unpaired) electrons. The van der Waals surface area contributed by atoms with Crippen molar-refractivity contribution in [1.29, 1.82) is 0 Å². The highest BCUT2D eigenvalue weighted by Crippen LogP contribution is 2.21. The molecule has 82 valence electrons. The van der Waals surface area contributed by atoms with Crippen LogP contribution in [0.15, 0.2) is 12.4 Å². The average molecular weight is 223 g/mol. The van der Waals surface area contributed by atoms with Gasteiger partial charge in [0.15, 0.2) is 5.78 Å². The Labute approximate surface area is 95.0 Å². The Bertz CT molecular complexity index is 357. The van der Waals surface area contributed by atoms with E-state index in [1.165, 1.54) is 5.56 Å². The summed E-state index contributed by atoms with van der Waals surface area (Å²) in [6.45, 7) is 1.02. The van der Waals surface area contributed by atoms with Crippen molar-refractivity contribution >= 4 is 17.5 Å². The third-order valence-corrected chi connectivity index (χ3v) is 3.51. The van der Waals surface area contributed by atoms with E-state index in [1.807, 2.05) is 18.0 Å². The third-order valence-electron chi connectivity index (χ3n) is 2.92. The van der Waals surface area contributed by atoms with Crippen LogP contribution in [0.5, 0.6) is 0 Å². The number of aromatic nitrogens is 1. The Morgan fingerprint density at radius 3 is 2.93 bits per heavy atom. The number of nitrogens with zero attached hydrogens (tertiary/aromatic N) is 1. The third kappa shape index (κ3) is 2.46. The van der Waals surface area contributed by atoms with Gasteiger partial charge in [0.1, 0.15) is 0 Å². The minimum absolute atomic E-state index is 0.338. The highest BCUT2D eigenvalue weighted by Gasteiger charge is 2.17. The summed E-state index contributed by atoms with van der Waals surface area (Å²) in [5.41, 5.74) is 2.24. The number of hydrogen-bond acceptors (Lipinski definition) is 2. The smallest absolute Gasteiger partial charge is 0.164 e. The first-order valence-electron chi connectivity index (χ1n) is 5.52. The summed E-state index contributed by atoms with van der Waals surface area (Å²) in [6, 6.07) is 0. The molecular weight excluding hydrogens is 206 g/mol. The monoisotopic (exact) mass is 223 g/mol. The molecule has 0 saturated carbocycles. The number of aryl methyl sites for hydroxylation is 2. The largest absolute Gasteiger partial charge is 0.352 e. The van der Waals surface area contributed by atoms with E-state index in [9.17, 15) is 4.79 Å². The predicted octanol–water partition coefficient (Wildman–Crippen LogP) is 2.76. The highest BCUT2D eigenvalue weighted by atomic mass is 32.2. The van der Waals surface area contributed by atoms with Gasteiger partial charge in [0.25, 0.3) is 0 Å². The molecule has 0 unspecified atom stereocenters. The predicted molar refractivity (Wildman–Crippen MR) is 64.7 cm³/mol. The van der Waals surface area contributed by atoms with Gasteiger partial charge in [0, 0.05) is 36.7 Å². The van der Waals surface area contributed by atoms with Crippen LogP contribution in [-0.4, -0.2) is 22.4 Å². The van der Waals surface area contributed by atoms with Crippen molar-refractivity contribution in [3.8, 4) is 0 Å². The van der Waals surface area contributed by atoms with Gasteiger partial charge in [-0.05, 0) is 31.1 Å². The van der Waals surface area contributed by atoms with Crippen LogP contribution in [0.25, 0.3) is 0 Å². The fraction of sp³-hybridized carbons (Fsp3) is 0.583. The maximum atomic E-state index is 11.8. The zero-order chi connectivity index (χ0) is 10.7. The Morgan fingerprint density at radius 2 is 2.13 bits per heavy atom. The zero-order valence-corrected chi connectivity index (χ0v) is 9.98. The summed E-state index contributed by atoms with van der Waals surface area (Å²) in [7, 11) is 0. The Hall–Kier alpha value is -0.700. The molecule has 0 saturated heterocycles. The molecule has 0 N–H and O–H groups in total. The van der Waals surface area contributed by atoms with Gasteiger partial charge in [-0.1, -0.05) is 0 Å². The Balaban J connectivity index is 2.18. The van der Waals surface area contributed by atoms with Crippen LogP contribution in [-0.2, 0) is 13.0 Å². The van der Waals surface area contributed by atoms with E-state index in [0.717, 1.165) is 43.5 Å². The molecule has 1 aromatic rings. The lowest BCUT2D eigenvalue weighted by Crippen LogP contribution is -1.99. The van der Waals surface area contributed by atoms with Crippen LogP contribution in [0.4, 0.5) is 0 Å². The SMILES string of the molecule is CSCCn1cc2c(c1)C(=O)CCCC2. The van der Waals surface area contributed by atoms with Gasteiger partial charge in [-0.25, -0.2) is 0 Å². The zero-order valence-electron chi connectivity index (χ0n) is 9.16. The fourth-order valence-electron chi connectivity index (χ4n) is 2.07. The van der Waals surface area contributed by atoms with Crippen molar-refractivity contribution in [3.05, 3.63) is 23.5 Å². The molecule has 0 atom stereocenters. The van der Waals surface area contributed by atoms with Crippen LogP contribution in [0.2, 0.25) is 0 Å². The highest BCUT2D eigenvalue weighted by molar-refractivity contribution is 7.98. The van der Waals surface area contributed by atoms with Crippen molar-refractivity contribution in [3.63, 3.8) is 0 Å². The number of ketones is 1. The number of hydrogen-bond donors (Lipinski definition) is 0. The second-order valence-corrected chi connectivity index (χ2v) is 5.04. The van der Waals surface area contributed by atoms with Crippen LogP contribution in [0, 0.1) is 0 Å². The molecular formula is C12H17NOS. The van der Waals surface area contributed by atoms with Gasteiger partial charge in [-0.3, -0.25) is 4.79 Å². The maximum Gasteiger partial charge on any atom is 0.164 e. The molecule has 1 heterocycles. The fourth-order valence-corrected chi connectivity index (χ4v) is 2.46. The number of fused-ring (bicyclic) bond motifs is 1. The molecule has 0 aromatic carbocycles. The van der Waals surface area contributed by atoms with Crippen molar-refractivity contribution in [2.75, 3.05) is 12.0 Å². The van der Waals surface area contributed by atoms with Crippen molar-refractivity contribution < 1.29 is 4.79 Å². The first kappa shape index (κ1) is 10.8. The van der Waals surface area contributed by atoms with Crippen LogP contribution in [0.3, 0.4) is 0 Å². The number of carbonyl (C=O) groups excluding carboxylic acids is 1. The summed E-state index contributed by atoms with van der Waals surface area (Å²) in [4.78, 5) is 11.8. The van der Waals surface area contributed by atoms with Crippen molar-refractivity contribution in [2.24, 2.45) is 0 Å². The molecule has 2 nitrogen and oxygen atoms in total. The summed E-state index contributed by atoms with van der Waals surface area (Å²) < 4.78 is 2.17. The number of thioether (sulfide) groups is 1. The average Bonchev–Trinajstić information content (AvgIpc) is 2.57. The van der Waals surface area contributed by atoms with E-state index in [4.69, 9.17) is 0 Å². The number of Topliss-reactive ketones (excluding diaryl/α,β-unsaturated/α-hetero) is 1. The van der Waals surface area contributed by atoms with E-state index < -0.39 is 0 Å². The van der Waals surface area contributed by atoms with Gasteiger partial charge >= 0.3 is 0 Å². The molecule has 0 spiro atoms. The van der Waals surface area contributed by atoms with Crippen LogP contribution >= 0.6 is 11.8 Å². The lowest BCUT2D eigenvalue weighted by atomic mass is 10.1. The van der Waals surface area contributed by atoms with E-state index >= 15 is 0 Å². The van der Waals surface area contributed by atoms with Gasteiger partial charge in [-0.2, -0.15) is 11.8 Å². The molecule has 0 fully saturated rings. The van der Waals surface area contributed by atoms with Gasteiger partial charge in [0.2, 0.25) is 0 Å². The molecule has 0 amide bonds. The second kappa shape index (κ2) is 4.88. The van der Waals surface area contributed by atoms with Crippen molar-refractivity contribution in [2.45, 2.75) is 32.2 Å². The van der Waals surface area contributed by atoms with Gasteiger partial charge in [0.05, 0.1) is 0 Å². The van der Waals surface area contributed by atoms with E-state index in [1.54, 1.807) is 0 Å². The lowest BCUT2D eigenvalue weighted by molar-refractivity contribution is 0.0982. The number of carbonyl (C=O) groups is 1. The second-order valence-electron chi connectivity index (χ2n) is 4.06. The first-order valence-corrected chi connectivity index (χ1v) is 6.91. The Kier molecular flexibility index (Phi) is 3.52. The molecule has 3 heteroatoms. The van der Waals surface area contributed by atoms with Crippen LogP contribution in [0.1, 0.15) is 35.2 Å². The molecule has 1 aliphatic rings. The molecule has 2 rings (SSSR count). The maximum absolute atomic E-state index is 11.8. The van der Waals surface area contributed by atoms with E-state index in [0.29, 0.717) is 5.78 Å². The minimum atomic E-state index is 0.338. The topological polar surface area (TPSA) is 22.0 Å². The quantitative estimate of drug-likeness (QED) is 0.735. The van der Waals surface area contributed by atoms with Crippen LogP contribution < -0.4 is 0 Å². The molecule has 15 heavy (non-hydrogen) atoms. The van der Waals surface area contributed by atoms with E-state index in [2.05, 4.69) is 17.0 Å². The number of rotatable bonds is 3. The first-order chi connectivity index (χ1) is 7.31. The summed E-state index contributed by atoms with van der Waals surface area (Å²) in [5.74, 6) is 1.45. The molecule has 0 aliphatic heterocycles. The molecule has 1 aromatic heterocycles. The van der Waals surface area contributed by atoms with Crippen molar-refractivity contribution in [1.82, 2.24) is 4.57 Å². The lowest BCUT2D eigenvalue weighted by Gasteiger charge is -1.99. The minimum Gasteiger partial charge on any atom is -0.352 e. The summed E-state index contributed by atoms with van der Waals surface area (Å²) in [6.07, 6.45) is 10.3. The van der Waals surface area contributed by atoms with Gasteiger partial charge in [-0.15, -0.1) is 0 Å². The van der Waals surface area contributed by atoms with E-state index in [-0.39, 0.29) is 0 Å². The van der Waals surface area contributed by atoms with Gasteiger partial charge < -0.3 is 4.57 Å². The normalized spacial score (nSPS) is 16.2. The Morgan fingerprint density at radius 1 is 1.33 bits per heavy atom. The summed E-state index contributed by atoms with van der Waals surface area (Å²) >= 11 is 1.84. The molecule has 1 aliphatic carbocycles. The molecule has 0 bridgehead atoms. The summed E-state index contributed by atoms with van der Waals surface area (Å²) in [5, 5.41) is 0.